The molecule has 0 aromatic carbocycles. The predicted octanol–water partition coefficient (Wildman–Crippen LogP) is 2.12. The number of aryl methyl sites for hydroxylation is 1. The lowest BCUT2D eigenvalue weighted by atomic mass is 10.1. The first-order valence-electron chi connectivity index (χ1n) is 6.05. The summed E-state index contributed by atoms with van der Waals surface area (Å²) in [6.07, 6.45) is 6.43. The smallest absolute Gasteiger partial charge is 0.257 e. The number of aromatic amines is 1. The molecule has 1 aliphatic rings. The molecule has 1 heterocycles. The normalized spacial score (nSPS) is 16.6. The molecular weight excluding hydrogens is 202 g/mol. The zero-order valence-electron chi connectivity index (χ0n) is 9.99. The van der Waals surface area contributed by atoms with Crippen LogP contribution in [0.2, 0.25) is 0 Å². The zero-order valence-corrected chi connectivity index (χ0v) is 9.99. The summed E-state index contributed by atoms with van der Waals surface area (Å²) in [7, 11) is 0. The highest BCUT2D eigenvalue weighted by Gasteiger charge is 2.27. The Balaban J connectivity index is 2.15. The molecule has 4 heteroatoms. The van der Waals surface area contributed by atoms with Crippen molar-refractivity contribution in [1.29, 1.82) is 0 Å². The highest BCUT2D eigenvalue weighted by Crippen LogP contribution is 2.24. The van der Waals surface area contributed by atoms with Gasteiger partial charge in [-0.3, -0.25) is 9.89 Å². The van der Waals surface area contributed by atoms with Gasteiger partial charge >= 0.3 is 0 Å². The van der Waals surface area contributed by atoms with Crippen molar-refractivity contribution in [3.63, 3.8) is 0 Å². The van der Waals surface area contributed by atoms with E-state index in [1.807, 2.05) is 18.7 Å². The van der Waals surface area contributed by atoms with Crippen LogP contribution in [0.1, 0.15) is 48.7 Å². The molecule has 16 heavy (non-hydrogen) atoms. The van der Waals surface area contributed by atoms with Gasteiger partial charge in [0.05, 0.1) is 11.8 Å². The molecule has 1 fully saturated rings. The maximum atomic E-state index is 12.3. The molecule has 2 rings (SSSR count). The Morgan fingerprint density at radius 3 is 2.75 bits per heavy atom. The third-order valence-electron chi connectivity index (χ3n) is 3.43. The van der Waals surface area contributed by atoms with E-state index in [-0.39, 0.29) is 5.91 Å². The van der Waals surface area contributed by atoms with Crippen LogP contribution in [0.3, 0.4) is 0 Å². The first-order valence-corrected chi connectivity index (χ1v) is 6.05. The quantitative estimate of drug-likeness (QED) is 0.850. The fourth-order valence-electron chi connectivity index (χ4n) is 2.50. The highest BCUT2D eigenvalue weighted by molar-refractivity contribution is 5.95. The molecule has 0 unspecified atom stereocenters. The topological polar surface area (TPSA) is 49.0 Å². The maximum Gasteiger partial charge on any atom is 0.257 e. The summed E-state index contributed by atoms with van der Waals surface area (Å²) in [5, 5.41) is 6.74. The molecule has 1 aromatic rings. The van der Waals surface area contributed by atoms with Gasteiger partial charge in [0.2, 0.25) is 0 Å². The molecule has 4 nitrogen and oxygen atoms in total. The highest BCUT2D eigenvalue weighted by atomic mass is 16.2. The van der Waals surface area contributed by atoms with Crippen molar-refractivity contribution in [2.45, 2.75) is 45.6 Å². The third-order valence-corrected chi connectivity index (χ3v) is 3.43. The van der Waals surface area contributed by atoms with Crippen LogP contribution in [0.5, 0.6) is 0 Å². The Hall–Kier alpha value is -1.32. The van der Waals surface area contributed by atoms with Crippen molar-refractivity contribution in [1.82, 2.24) is 15.1 Å². The van der Waals surface area contributed by atoms with Crippen molar-refractivity contribution in [2.24, 2.45) is 0 Å². The van der Waals surface area contributed by atoms with Gasteiger partial charge in [-0.25, -0.2) is 0 Å². The lowest BCUT2D eigenvalue weighted by Gasteiger charge is -2.27. The van der Waals surface area contributed by atoms with E-state index >= 15 is 0 Å². The van der Waals surface area contributed by atoms with Crippen LogP contribution in [-0.2, 0) is 0 Å². The van der Waals surface area contributed by atoms with E-state index in [9.17, 15) is 4.79 Å². The Kier molecular flexibility index (Phi) is 3.27. The molecule has 0 bridgehead atoms. The number of aromatic nitrogens is 2. The van der Waals surface area contributed by atoms with Gasteiger partial charge in [0.1, 0.15) is 0 Å². The fraction of sp³-hybridized carbons (Fsp3) is 0.667. The summed E-state index contributed by atoms with van der Waals surface area (Å²) < 4.78 is 0. The Morgan fingerprint density at radius 1 is 1.56 bits per heavy atom. The molecule has 1 aromatic heterocycles. The molecule has 1 amide bonds. The molecule has 0 aliphatic heterocycles. The van der Waals surface area contributed by atoms with Crippen molar-refractivity contribution in [3.05, 3.63) is 17.5 Å². The second-order valence-corrected chi connectivity index (χ2v) is 4.44. The molecule has 88 valence electrons. The largest absolute Gasteiger partial charge is 0.336 e. The van der Waals surface area contributed by atoms with Crippen molar-refractivity contribution in [3.8, 4) is 0 Å². The molecule has 0 atom stereocenters. The standard InChI is InChI=1S/C12H19N3O/c1-3-15(10-6-4-5-7-10)12(16)11-8-13-14-9(11)2/h8,10H,3-7H2,1-2H3,(H,13,14). The van der Waals surface area contributed by atoms with Crippen LogP contribution >= 0.6 is 0 Å². The minimum Gasteiger partial charge on any atom is -0.336 e. The van der Waals surface area contributed by atoms with Gasteiger partial charge in [-0.2, -0.15) is 5.10 Å². The molecular formula is C12H19N3O. The average Bonchev–Trinajstić information content (AvgIpc) is 2.90. The minimum atomic E-state index is 0.126. The van der Waals surface area contributed by atoms with Gasteiger partial charge < -0.3 is 4.90 Å². The number of hydrogen-bond donors (Lipinski definition) is 1. The summed E-state index contributed by atoms with van der Waals surface area (Å²) in [5.41, 5.74) is 1.58. The van der Waals surface area contributed by atoms with Crippen LogP contribution in [0, 0.1) is 6.92 Å². The van der Waals surface area contributed by atoms with Crippen molar-refractivity contribution >= 4 is 5.91 Å². The summed E-state index contributed by atoms with van der Waals surface area (Å²) >= 11 is 0. The van der Waals surface area contributed by atoms with E-state index in [0.717, 1.165) is 25.1 Å². The van der Waals surface area contributed by atoms with Crippen LogP contribution in [0.4, 0.5) is 0 Å². The first-order chi connectivity index (χ1) is 7.74. The third kappa shape index (κ3) is 1.96. The van der Waals surface area contributed by atoms with Crippen LogP contribution in [0.25, 0.3) is 0 Å². The van der Waals surface area contributed by atoms with Gasteiger partial charge in [-0.05, 0) is 26.7 Å². The van der Waals surface area contributed by atoms with Gasteiger partial charge in [0.25, 0.3) is 5.91 Å². The molecule has 1 aliphatic carbocycles. The van der Waals surface area contributed by atoms with Crippen LogP contribution in [0.15, 0.2) is 6.20 Å². The first kappa shape index (κ1) is 11.2. The van der Waals surface area contributed by atoms with Gasteiger partial charge in [0.15, 0.2) is 0 Å². The molecule has 0 radical (unpaired) electrons. The fourth-order valence-corrected chi connectivity index (χ4v) is 2.50. The summed E-state index contributed by atoms with van der Waals surface area (Å²) in [4.78, 5) is 14.3. The van der Waals surface area contributed by atoms with Crippen molar-refractivity contribution < 1.29 is 4.79 Å². The lowest BCUT2D eigenvalue weighted by molar-refractivity contribution is 0.0693. The summed E-state index contributed by atoms with van der Waals surface area (Å²) in [6.45, 7) is 4.72. The number of nitrogens with one attached hydrogen (secondary N) is 1. The number of H-pyrrole nitrogens is 1. The second-order valence-electron chi connectivity index (χ2n) is 4.44. The monoisotopic (exact) mass is 221 g/mol. The van der Waals surface area contributed by atoms with E-state index < -0.39 is 0 Å². The number of carbonyl (C=O) groups excluding carboxylic acids is 1. The predicted molar refractivity (Wildman–Crippen MR) is 62.3 cm³/mol. The van der Waals surface area contributed by atoms with Gasteiger partial charge in [0, 0.05) is 18.3 Å². The Labute approximate surface area is 96.0 Å². The number of rotatable bonds is 3. The minimum absolute atomic E-state index is 0.126. The number of carbonyl (C=O) groups is 1. The maximum absolute atomic E-state index is 12.3. The number of hydrogen-bond acceptors (Lipinski definition) is 2. The van der Waals surface area contributed by atoms with Crippen LogP contribution in [-0.4, -0.2) is 33.6 Å². The summed E-state index contributed by atoms with van der Waals surface area (Å²) in [6, 6.07) is 0.437. The lowest BCUT2D eigenvalue weighted by Crippen LogP contribution is -2.38. The Morgan fingerprint density at radius 2 is 2.25 bits per heavy atom. The molecule has 1 saturated carbocycles. The number of nitrogens with zero attached hydrogens (tertiary/aromatic N) is 2. The molecule has 0 saturated heterocycles. The van der Waals surface area contributed by atoms with E-state index in [2.05, 4.69) is 10.2 Å². The Bertz CT molecular complexity index is 366. The van der Waals surface area contributed by atoms with Crippen LogP contribution < -0.4 is 0 Å². The van der Waals surface area contributed by atoms with E-state index in [0.29, 0.717) is 11.6 Å². The second kappa shape index (κ2) is 4.68. The average molecular weight is 221 g/mol. The molecule has 1 N–H and O–H groups in total. The zero-order chi connectivity index (χ0) is 11.5. The van der Waals surface area contributed by atoms with Crippen molar-refractivity contribution in [2.75, 3.05) is 6.54 Å². The number of amides is 1. The SMILES string of the molecule is CCN(C(=O)c1cn[nH]c1C)C1CCCC1. The van der Waals surface area contributed by atoms with Gasteiger partial charge in [-0.1, -0.05) is 12.8 Å². The van der Waals surface area contributed by atoms with E-state index in [1.54, 1.807) is 6.20 Å². The summed E-state index contributed by atoms with van der Waals surface area (Å²) in [5.74, 6) is 0.126. The molecule has 0 spiro atoms. The van der Waals surface area contributed by atoms with E-state index in [4.69, 9.17) is 0 Å². The van der Waals surface area contributed by atoms with E-state index in [1.165, 1.54) is 12.8 Å². The van der Waals surface area contributed by atoms with Gasteiger partial charge in [-0.15, -0.1) is 0 Å².